The van der Waals surface area contributed by atoms with Gasteiger partial charge in [-0.2, -0.15) is 11.8 Å². The topological polar surface area (TPSA) is 60.9 Å². The zero-order valence-corrected chi connectivity index (χ0v) is 11.7. The number of thioether (sulfide) groups is 1. The van der Waals surface area contributed by atoms with Gasteiger partial charge in [0.1, 0.15) is 0 Å². The predicted octanol–water partition coefficient (Wildman–Crippen LogP) is 1.44. The molecule has 1 N–H and O–H groups in total. The van der Waals surface area contributed by atoms with Gasteiger partial charge >= 0.3 is 5.97 Å². The summed E-state index contributed by atoms with van der Waals surface area (Å²) in [4.78, 5) is 22.1. The summed E-state index contributed by atoms with van der Waals surface area (Å²) in [7, 11) is 0. The second-order valence-corrected chi connectivity index (χ2v) is 5.50. The smallest absolute Gasteiger partial charge is 0.303 e. The summed E-state index contributed by atoms with van der Waals surface area (Å²) < 4.78 is 0. The summed E-state index contributed by atoms with van der Waals surface area (Å²) >= 11 is 1.72. The van der Waals surface area contributed by atoms with Crippen LogP contribution < -0.4 is 0 Å². The van der Waals surface area contributed by atoms with Gasteiger partial charge in [0.25, 0.3) is 0 Å². The highest BCUT2D eigenvalue weighted by atomic mass is 32.2. The van der Waals surface area contributed by atoms with Crippen LogP contribution in [0.25, 0.3) is 0 Å². The van der Waals surface area contributed by atoms with E-state index in [4.69, 9.17) is 5.11 Å². The monoisotopic (exact) mass is 274 g/mol. The highest BCUT2D eigenvalue weighted by Gasteiger charge is 2.23. The molecule has 5 nitrogen and oxygen atoms in total. The fraction of sp³-hybridized carbons (Fsp3) is 0.833. The van der Waals surface area contributed by atoms with E-state index >= 15 is 0 Å². The van der Waals surface area contributed by atoms with Crippen LogP contribution in [0.5, 0.6) is 0 Å². The molecule has 0 unspecified atom stereocenters. The van der Waals surface area contributed by atoms with Crippen molar-refractivity contribution < 1.29 is 14.7 Å². The fourth-order valence-electron chi connectivity index (χ4n) is 1.99. The molecule has 0 aliphatic carbocycles. The van der Waals surface area contributed by atoms with Gasteiger partial charge in [0.2, 0.25) is 5.91 Å². The van der Waals surface area contributed by atoms with Gasteiger partial charge in [-0.25, -0.2) is 5.01 Å². The molecule has 0 spiro atoms. The number of carboxylic acid groups (broad SMARTS) is 1. The third-order valence-electron chi connectivity index (χ3n) is 2.93. The number of carbonyl (C=O) groups is 2. The number of amides is 1. The van der Waals surface area contributed by atoms with E-state index < -0.39 is 5.97 Å². The molecule has 0 radical (unpaired) electrons. The summed E-state index contributed by atoms with van der Waals surface area (Å²) in [5.41, 5.74) is 0. The Hall–Kier alpha value is -0.750. The lowest BCUT2D eigenvalue weighted by molar-refractivity contribution is -0.154. The number of aliphatic carboxylic acids is 1. The third kappa shape index (κ3) is 5.27. The lowest BCUT2D eigenvalue weighted by Crippen LogP contribution is -2.51. The number of nitrogens with zero attached hydrogens (tertiary/aromatic N) is 2. The molecule has 0 aromatic carbocycles. The van der Waals surface area contributed by atoms with Crippen LogP contribution in [-0.4, -0.2) is 58.1 Å². The molecular weight excluding hydrogens is 252 g/mol. The van der Waals surface area contributed by atoms with Crippen molar-refractivity contribution in [1.29, 1.82) is 0 Å². The average Bonchev–Trinajstić information content (AvgIpc) is 2.34. The van der Waals surface area contributed by atoms with Gasteiger partial charge in [0.05, 0.1) is 0 Å². The first kappa shape index (κ1) is 15.3. The van der Waals surface area contributed by atoms with Crippen molar-refractivity contribution in [3.63, 3.8) is 0 Å². The zero-order valence-electron chi connectivity index (χ0n) is 10.9. The van der Waals surface area contributed by atoms with Gasteiger partial charge in [0, 0.05) is 38.2 Å². The summed E-state index contributed by atoms with van der Waals surface area (Å²) in [5, 5.41) is 12.5. The summed E-state index contributed by atoms with van der Waals surface area (Å²) in [5.74, 6) is 1.20. The quantitative estimate of drug-likeness (QED) is 0.679. The van der Waals surface area contributed by atoms with Crippen molar-refractivity contribution in [2.24, 2.45) is 0 Å². The molecule has 1 amide bonds. The Kier molecular flexibility index (Phi) is 7.12. The second-order valence-electron chi connectivity index (χ2n) is 4.28. The number of carbonyl (C=O) groups excluding carboxylic acids is 1. The Balaban J connectivity index is 2.16. The summed E-state index contributed by atoms with van der Waals surface area (Å²) in [6.45, 7) is 4.64. The Morgan fingerprint density at radius 2 is 2.22 bits per heavy atom. The lowest BCUT2D eigenvalue weighted by atomic mass is 10.2. The van der Waals surface area contributed by atoms with Crippen molar-refractivity contribution in [3.05, 3.63) is 0 Å². The molecule has 0 saturated carbocycles. The minimum absolute atomic E-state index is 0.217. The highest BCUT2D eigenvalue weighted by Crippen LogP contribution is 2.13. The van der Waals surface area contributed by atoms with Crippen molar-refractivity contribution >= 4 is 23.6 Å². The molecule has 1 aliphatic rings. The number of hydrogen-bond donors (Lipinski definition) is 1. The molecule has 104 valence electrons. The molecule has 1 saturated heterocycles. The van der Waals surface area contributed by atoms with Crippen molar-refractivity contribution in [2.75, 3.05) is 31.1 Å². The van der Waals surface area contributed by atoms with E-state index in [0.29, 0.717) is 12.8 Å². The van der Waals surface area contributed by atoms with E-state index in [1.807, 2.05) is 5.01 Å². The molecule has 6 heteroatoms. The molecule has 0 atom stereocenters. The minimum atomic E-state index is -0.737. The van der Waals surface area contributed by atoms with Gasteiger partial charge in [0.15, 0.2) is 0 Å². The van der Waals surface area contributed by atoms with Gasteiger partial charge in [-0.1, -0.05) is 6.92 Å². The average molecular weight is 274 g/mol. The molecule has 0 aromatic rings. The summed E-state index contributed by atoms with van der Waals surface area (Å²) in [6, 6.07) is 0. The number of rotatable bonds is 8. The largest absolute Gasteiger partial charge is 0.481 e. The number of hydrazine groups is 1. The minimum Gasteiger partial charge on any atom is -0.481 e. The van der Waals surface area contributed by atoms with Crippen LogP contribution in [-0.2, 0) is 9.59 Å². The van der Waals surface area contributed by atoms with Gasteiger partial charge in [-0.3, -0.25) is 14.6 Å². The van der Waals surface area contributed by atoms with Crippen LogP contribution in [0.15, 0.2) is 0 Å². The Morgan fingerprint density at radius 3 is 2.89 bits per heavy atom. The van der Waals surface area contributed by atoms with Crippen molar-refractivity contribution in [1.82, 2.24) is 10.0 Å². The normalized spacial score (nSPS) is 17.2. The predicted molar refractivity (Wildman–Crippen MR) is 72.4 cm³/mol. The molecule has 1 rings (SSSR count). The van der Waals surface area contributed by atoms with E-state index in [1.54, 1.807) is 11.8 Å². The maximum Gasteiger partial charge on any atom is 0.303 e. The molecule has 1 aliphatic heterocycles. The zero-order chi connectivity index (χ0) is 13.4. The molecule has 0 aromatic heterocycles. The van der Waals surface area contributed by atoms with Gasteiger partial charge < -0.3 is 5.11 Å². The van der Waals surface area contributed by atoms with Crippen molar-refractivity contribution in [2.45, 2.75) is 32.6 Å². The SMILES string of the molecule is CCN1CCCC(=O)N1CCSCCCC(=O)O. The van der Waals surface area contributed by atoms with Crippen LogP contribution >= 0.6 is 11.8 Å². The number of carboxylic acids is 1. The molecule has 1 heterocycles. The second kappa shape index (κ2) is 8.37. The van der Waals surface area contributed by atoms with Crippen LogP contribution in [0.3, 0.4) is 0 Å². The first-order valence-electron chi connectivity index (χ1n) is 6.50. The Bertz CT molecular complexity index is 286. The fourth-order valence-corrected chi connectivity index (χ4v) is 2.85. The Labute approximate surface area is 112 Å². The van der Waals surface area contributed by atoms with Crippen LogP contribution in [0, 0.1) is 0 Å². The maximum atomic E-state index is 11.8. The van der Waals surface area contributed by atoms with Gasteiger partial charge in [-0.15, -0.1) is 0 Å². The van der Waals surface area contributed by atoms with Crippen LogP contribution in [0.2, 0.25) is 0 Å². The van der Waals surface area contributed by atoms with E-state index in [2.05, 4.69) is 11.9 Å². The maximum absolute atomic E-state index is 11.8. The molecular formula is C12H22N2O3S. The van der Waals surface area contributed by atoms with E-state index in [-0.39, 0.29) is 12.3 Å². The van der Waals surface area contributed by atoms with E-state index in [9.17, 15) is 9.59 Å². The first-order chi connectivity index (χ1) is 8.65. The van der Waals surface area contributed by atoms with Crippen LogP contribution in [0.4, 0.5) is 0 Å². The van der Waals surface area contributed by atoms with E-state index in [0.717, 1.165) is 37.6 Å². The standard InChI is InChI=1S/C12H22N2O3S/c1-2-13-7-3-5-11(15)14(13)8-10-18-9-4-6-12(16)17/h2-10H2,1H3,(H,16,17). The molecule has 1 fully saturated rings. The third-order valence-corrected chi connectivity index (χ3v) is 3.98. The lowest BCUT2D eigenvalue weighted by Gasteiger charge is -2.37. The van der Waals surface area contributed by atoms with Gasteiger partial charge in [-0.05, 0) is 18.6 Å². The number of hydrogen-bond acceptors (Lipinski definition) is 4. The van der Waals surface area contributed by atoms with Crippen molar-refractivity contribution in [3.8, 4) is 0 Å². The highest BCUT2D eigenvalue weighted by molar-refractivity contribution is 7.99. The summed E-state index contributed by atoms with van der Waals surface area (Å²) in [6.07, 6.45) is 2.54. The Morgan fingerprint density at radius 1 is 1.44 bits per heavy atom. The van der Waals surface area contributed by atoms with Crippen LogP contribution in [0.1, 0.15) is 32.6 Å². The molecule has 0 bridgehead atoms. The van der Waals surface area contributed by atoms with E-state index in [1.165, 1.54) is 0 Å². The molecule has 18 heavy (non-hydrogen) atoms. The first-order valence-corrected chi connectivity index (χ1v) is 7.65.